The van der Waals surface area contributed by atoms with Gasteiger partial charge in [0, 0.05) is 45.8 Å². The summed E-state index contributed by atoms with van der Waals surface area (Å²) in [6.45, 7) is 10.7. The molecule has 0 aromatic rings. The van der Waals surface area contributed by atoms with Crippen molar-refractivity contribution in [3.8, 4) is 0 Å². The summed E-state index contributed by atoms with van der Waals surface area (Å²) < 4.78 is 34.5. The number of rotatable bonds is 7. The third kappa shape index (κ3) is 6.28. The number of likely N-dealkylation sites (N-methyl/N-ethyl adjacent to an activating group) is 1. The van der Waals surface area contributed by atoms with Crippen molar-refractivity contribution in [1.82, 2.24) is 18.8 Å². The van der Waals surface area contributed by atoms with Crippen LogP contribution in [0.4, 0.5) is 0 Å². The minimum Gasteiger partial charge on any atom is -0.373 e. The number of piperazine rings is 1. The predicted molar refractivity (Wildman–Crippen MR) is 91.7 cm³/mol. The first kappa shape index (κ1) is 19.1. The molecule has 136 valence electrons. The number of unbranched alkanes of at least 4 members (excludes halogenated alkanes) is 1. The lowest BCUT2D eigenvalue weighted by molar-refractivity contribution is -0.0443. The summed E-state index contributed by atoms with van der Waals surface area (Å²) in [5.74, 6) is 0. The number of morpholine rings is 1. The van der Waals surface area contributed by atoms with Gasteiger partial charge in [-0.15, -0.1) is 0 Å². The van der Waals surface area contributed by atoms with Gasteiger partial charge in [-0.3, -0.25) is 0 Å². The van der Waals surface area contributed by atoms with Crippen LogP contribution in [-0.2, 0) is 14.9 Å². The summed E-state index contributed by atoms with van der Waals surface area (Å²) in [5, 5.41) is 0. The van der Waals surface area contributed by atoms with Crippen molar-refractivity contribution in [3.05, 3.63) is 0 Å². The zero-order valence-corrected chi connectivity index (χ0v) is 15.5. The van der Waals surface area contributed by atoms with E-state index in [4.69, 9.17) is 4.74 Å². The standard InChI is InChI=1S/C15H32N4O3S/c1-14-12-19(13-15(2)22-14)23(20,21)16-6-4-5-7-18-10-8-17(3)9-11-18/h14-16H,4-13H2,1-3H3/t14-,15-/m1/s1. The molecule has 0 aromatic carbocycles. The van der Waals surface area contributed by atoms with Crippen molar-refractivity contribution < 1.29 is 13.2 Å². The Balaban J connectivity index is 1.63. The molecule has 8 heteroatoms. The number of hydrogen-bond donors (Lipinski definition) is 1. The molecule has 0 spiro atoms. The molecule has 2 saturated heterocycles. The Labute approximate surface area is 141 Å². The van der Waals surface area contributed by atoms with Gasteiger partial charge in [-0.25, -0.2) is 4.72 Å². The Morgan fingerprint density at radius 3 is 2.26 bits per heavy atom. The normalized spacial score (nSPS) is 29.0. The molecule has 0 saturated carbocycles. The minimum absolute atomic E-state index is 0.0486. The van der Waals surface area contributed by atoms with Crippen LogP contribution in [0.15, 0.2) is 0 Å². The van der Waals surface area contributed by atoms with Gasteiger partial charge in [0.25, 0.3) is 10.2 Å². The molecule has 1 N–H and O–H groups in total. The van der Waals surface area contributed by atoms with Gasteiger partial charge in [0.15, 0.2) is 0 Å². The molecule has 0 bridgehead atoms. The van der Waals surface area contributed by atoms with E-state index < -0.39 is 10.2 Å². The highest BCUT2D eigenvalue weighted by molar-refractivity contribution is 7.87. The van der Waals surface area contributed by atoms with Crippen LogP contribution < -0.4 is 4.72 Å². The third-order valence-corrected chi connectivity index (χ3v) is 6.05. The van der Waals surface area contributed by atoms with Gasteiger partial charge in [0.05, 0.1) is 12.2 Å². The molecular formula is C15H32N4O3S. The summed E-state index contributed by atoms with van der Waals surface area (Å²) in [6, 6.07) is 0. The Bertz CT molecular complexity index is 442. The van der Waals surface area contributed by atoms with Crippen molar-refractivity contribution in [2.24, 2.45) is 0 Å². The molecule has 23 heavy (non-hydrogen) atoms. The highest BCUT2D eigenvalue weighted by atomic mass is 32.2. The van der Waals surface area contributed by atoms with E-state index in [1.54, 1.807) is 0 Å². The summed E-state index contributed by atoms with van der Waals surface area (Å²) in [4.78, 5) is 4.80. The topological polar surface area (TPSA) is 65.1 Å². The van der Waals surface area contributed by atoms with Crippen LogP contribution in [0.5, 0.6) is 0 Å². The van der Waals surface area contributed by atoms with Crippen molar-refractivity contribution in [1.29, 1.82) is 0 Å². The quantitative estimate of drug-likeness (QED) is 0.654. The first-order chi connectivity index (χ1) is 10.9. The second-order valence-electron chi connectivity index (χ2n) is 6.83. The van der Waals surface area contributed by atoms with Gasteiger partial charge >= 0.3 is 0 Å². The first-order valence-electron chi connectivity index (χ1n) is 8.68. The molecule has 0 amide bonds. The highest BCUT2D eigenvalue weighted by Gasteiger charge is 2.30. The minimum atomic E-state index is -3.38. The zero-order valence-electron chi connectivity index (χ0n) is 14.7. The van der Waals surface area contributed by atoms with Gasteiger partial charge in [-0.2, -0.15) is 12.7 Å². The average Bonchev–Trinajstić information content (AvgIpc) is 2.48. The van der Waals surface area contributed by atoms with Gasteiger partial charge in [-0.1, -0.05) is 0 Å². The Morgan fingerprint density at radius 1 is 1.04 bits per heavy atom. The molecule has 2 atom stereocenters. The van der Waals surface area contributed by atoms with Gasteiger partial charge in [0.1, 0.15) is 0 Å². The molecule has 0 aliphatic carbocycles. The molecule has 0 aromatic heterocycles. The maximum absolute atomic E-state index is 12.3. The number of ether oxygens (including phenoxy) is 1. The molecule has 0 radical (unpaired) electrons. The summed E-state index contributed by atoms with van der Waals surface area (Å²) in [7, 11) is -1.23. The van der Waals surface area contributed by atoms with Gasteiger partial charge in [-0.05, 0) is 40.3 Å². The lowest BCUT2D eigenvalue weighted by Gasteiger charge is -2.34. The molecule has 2 fully saturated rings. The Hall–Kier alpha value is -0.250. The number of hydrogen-bond acceptors (Lipinski definition) is 5. The van der Waals surface area contributed by atoms with Crippen LogP contribution in [0.2, 0.25) is 0 Å². The third-order valence-electron chi connectivity index (χ3n) is 4.51. The molecular weight excluding hydrogens is 316 g/mol. The lowest BCUT2D eigenvalue weighted by Crippen LogP contribution is -2.52. The monoisotopic (exact) mass is 348 g/mol. The van der Waals surface area contributed by atoms with Crippen molar-refractivity contribution in [3.63, 3.8) is 0 Å². The number of nitrogens with zero attached hydrogens (tertiary/aromatic N) is 3. The molecule has 2 aliphatic rings. The predicted octanol–water partition coefficient (Wildman–Crippen LogP) is -0.0424. The fourth-order valence-corrected chi connectivity index (χ4v) is 4.55. The highest BCUT2D eigenvalue weighted by Crippen LogP contribution is 2.13. The van der Waals surface area contributed by atoms with Crippen molar-refractivity contribution in [2.75, 3.05) is 59.4 Å². The second-order valence-corrected chi connectivity index (χ2v) is 8.58. The van der Waals surface area contributed by atoms with E-state index in [0.29, 0.717) is 19.6 Å². The maximum atomic E-state index is 12.3. The van der Waals surface area contributed by atoms with Crippen LogP contribution >= 0.6 is 0 Å². The molecule has 7 nitrogen and oxygen atoms in total. The van der Waals surface area contributed by atoms with E-state index in [1.165, 1.54) is 4.31 Å². The second kappa shape index (κ2) is 8.73. The SMILES string of the molecule is C[C@@H]1CN(S(=O)(=O)NCCCCN2CCN(C)CC2)C[C@@H](C)O1. The van der Waals surface area contributed by atoms with E-state index in [-0.39, 0.29) is 12.2 Å². The summed E-state index contributed by atoms with van der Waals surface area (Å²) in [5.41, 5.74) is 0. The lowest BCUT2D eigenvalue weighted by atomic mass is 10.2. The van der Waals surface area contributed by atoms with Gasteiger partial charge in [0.2, 0.25) is 0 Å². The van der Waals surface area contributed by atoms with Crippen LogP contribution in [-0.4, -0.2) is 94.1 Å². The summed E-state index contributed by atoms with van der Waals surface area (Å²) in [6.07, 6.45) is 1.81. The van der Waals surface area contributed by atoms with E-state index in [0.717, 1.165) is 45.6 Å². The van der Waals surface area contributed by atoms with Crippen LogP contribution in [0, 0.1) is 0 Å². The first-order valence-corrected chi connectivity index (χ1v) is 10.1. The van der Waals surface area contributed by atoms with E-state index >= 15 is 0 Å². The molecule has 2 heterocycles. The molecule has 0 unspecified atom stereocenters. The van der Waals surface area contributed by atoms with Crippen molar-refractivity contribution in [2.45, 2.75) is 38.9 Å². The van der Waals surface area contributed by atoms with E-state index in [1.807, 2.05) is 13.8 Å². The number of nitrogens with one attached hydrogen (secondary N) is 1. The largest absolute Gasteiger partial charge is 0.373 e. The molecule has 2 rings (SSSR count). The van der Waals surface area contributed by atoms with Crippen LogP contribution in [0.3, 0.4) is 0 Å². The van der Waals surface area contributed by atoms with Crippen LogP contribution in [0.1, 0.15) is 26.7 Å². The smallest absolute Gasteiger partial charge is 0.279 e. The maximum Gasteiger partial charge on any atom is 0.279 e. The Morgan fingerprint density at radius 2 is 1.65 bits per heavy atom. The average molecular weight is 349 g/mol. The fourth-order valence-electron chi connectivity index (χ4n) is 3.15. The van der Waals surface area contributed by atoms with E-state index in [2.05, 4.69) is 21.6 Å². The van der Waals surface area contributed by atoms with E-state index in [9.17, 15) is 8.42 Å². The molecule has 2 aliphatic heterocycles. The Kier molecular flexibility index (Phi) is 7.24. The van der Waals surface area contributed by atoms with Crippen molar-refractivity contribution >= 4 is 10.2 Å². The zero-order chi connectivity index (χ0) is 16.9. The van der Waals surface area contributed by atoms with Gasteiger partial charge < -0.3 is 14.5 Å². The van der Waals surface area contributed by atoms with Crippen LogP contribution in [0.25, 0.3) is 0 Å². The summed E-state index contributed by atoms with van der Waals surface area (Å²) >= 11 is 0. The fraction of sp³-hybridized carbons (Fsp3) is 1.00.